The summed E-state index contributed by atoms with van der Waals surface area (Å²) < 4.78 is 18.9. The molecular weight excluding hydrogens is 294 g/mol. The first-order valence-electron chi connectivity index (χ1n) is 5.33. The minimum absolute atomic E-state index is 0.226. The SMILES string of the molecule is Fc1cccc(Cl)c1CC(Br)C1CCOC1. The van der Waals surface area contributed by atoms with Crippen LogP contribution in [0.2, 0.25) is 5.02 Å². The zero-order valence-corrected chi connectivity index (χ0v) is 11.1. The minimum Gasteiger partial charge on any atom is -0.381 e. The zero-order chi connectivity index (χ0) is 11.5. The average molecular weight is 308 g/mol. The Morgan fingerprint density at radius 3 is 3.00 bits per heavy atom. The van der Waals surface area contributed by atoms with E-state index in [2.05, 4.69) is 15.9 Å². The summed E-state index contributed by atoms with van der Waals surface area (Å²) >= 11 is 9.59. The third-order valence-corrected chi connectivity index (χ3v) is 4.36. The van der Waals surface area contributed by atoms with Crippen molar-refractivity contribution in [3.63, 3.8) is 0 Å². The molecule has 1 aliphatic rings. The molecule has 1 aromatic rings. The lowest BCUT2D eigenvalue weighted by molar-refractivity contribution is 0.185. The van der Waals surface area contributed by atoms with E-state index in [-0.39, 0.29) is 10.6 Å². The van der Waals surface area contributed by atoms with Crippen LogP contribution in [0.25, 0.3) is 0 Å². The largest absolute Gasteiger partial charge is 0.381 e. The van der Waals surface area contributed by atoms with Gasteiger partial charge in [-0.25, -0.2) is 4.39 Å². The van der Waals surface area contributed by atoms with Crippen LogP contribution in [0, 0.1) is 11.7 Å². The van der Waals surface area contributed by atoms with Gasteiger partial charge in [-0.2, -0.15) is 0 Å². The van der Waals surface area contributed by atoms with Gasteiger partial charge in [-0.15, -0.1) is 0 Å². The Kier molecular flexibility index (Phi) is 4.22. The molecule has 1 aromatic carbocycles. The zero-order valence-electron chi connectivity index (χ0n) is 8.76. The number of alkyl halides is 1. The summed E-state index contributed by atoms with van der Waals surface area (Å²) in [5.74, 6) is 0.228. The molecule has 2 unspecified atom stereocenters. The van der Waals surface area contributed by atoms with Gasteiger partial charge in [-0.3, -0.25) is 0 Å². The van der Waals surface area contributed by atoms with Gasteiger partial charge in [0.2, 0.25) is 0 Å². The van der Waals surface area contributed by atoms with E-state index in [0.29, 0.717) is 22.9 Å². The molecule has 0 aromatic heterocycles. The van der Waals surface area contributed by atoms with Gasteiger partial charge in [0.05, 0.1) is 6.61 Å². The predicted molar refractivity (Wildman–Crippen MR) is 66.8 cm³/mol. The van der Waals surface area contributed by atoms with Gasteiger partial charge in [0.25, 0.3) is 0 Å². The summed E-state index contributed by atoms with van der Waals surface area (Å²) in [6.45, 7) is 1.56. The lowest BCUT2D eigenvalue weighted by Crippen LogP contribution is -2.17. The summed E-state index contributed by atoms with van der Waals surface area (Å²) in [4.78, 5) is 0.226. The minimum atomic E-state index is -0.226. The molecule has 1 fully saturated rings. The quantitative estimate of drug-likeness (QED) is 0.771. The molecule has 1 aliphatic heterocycles. The molecule has 0 N–H and O–H groups in total. The van der Waals surface area contributed by atoms with Crippen LogP contribution in [0.3, 0.4) is 0 Å². The van der Waals surface area contributed by atoms with Crippen LogP contribution in [0.15, 0.2) is 18.2 Å². The summed E-state index contributed by atoms with van der Waals surface area (Å²) in [7, 11) is 0. The fourth-order valence-electron chi connectivity index (χ4n) is 1.93. The summed E-state index contributed by atoms with van der Waals surface area (Å²) in [5, 5.41) is 0.503. The number of halogens is 3. The highest BCUT2D eigenvalue weighted by molar-refractivity contribution is 9.09. The monoisotopic (exact) mass is 306 g/mol. The standard InChI is InChI=1S/C12H13BrClFO/c13-10(8-4-5-16-7-8)6-9-11(14)2-1-3-12(9)15/h1-3,8,10H,4-7H2. The first kappa shape index (κ1) is 12.3. The average Bonchev–Trinajstić information content (AvgIpc) is 2.76. The molecule has 4 heteroatoms. The fraction of sp³-hybridized carbons (Fsp3) is 0.500. The molecule has 0 radical (unpaired) electrons. The second kappa shape index (κ2) is 5.48. The molecule has 2 rings (SSSR count). The Morgan fingerprint density at radius 1 is 1.56 bits per heavy atom. The Balaban J connectivity index is 2.07. The third-order valence-electron chi connectivity index (χ3n) is 2.94. The molecule has 1 saturated heterocycles. The Labute approximate surface area is 108 Å². The maximum absolute atomic E-state index is 13.6. The molecule has 2 atom stereocenters. The molecule has 1 nitrogen and oxygen atoms in total. The molecule has 88 valence electrons. The van der Waals surface area contributed by atoms with E-state index in [1.807, 2.05) is 0 Å². The van der Waals surface area contributed by atoms with Crippen LogP contribution in [-0.4, -0.2) is 18.0 Å². The summed E-state index contributed by atoms with van der Waals surface area (Å²) in [6.07, 6.45) is 1.64. The molecule has 0 bridgehead atoms. The van der Waals surface area contributed by atoms with Crippen molar-refractivity contribution in [3.05, 3.63) is 34.6 Å². The maximum Gasteiger partial charge on any atom is 0.127 e. The molecule has 0 saturated carbocycles. The van der Waals surface area contributed by atoms with Crippen molar-refractivity contribution < 1.29 is 9.13 Å². The van der Waals surface area contributed by atoms with E-state index in [4.69, 9.17) is 16.3 Å². The summed E-state index contributed by atoms with van der Waals surface area (Å²) in [5.41, 5.74) is 0.595. The first-order valence-corrected chi connectivity index (χ1v) is 6.62. The van der Waals surface area contributed by atoms with E-state index >= 15 is 0 Å². The van der Waals surface area contributed by atoms with Crippen LogP contribution in [0.4, 0.5) is 4.39 Å². The fourth-order valence-corrected chi connectivity index (χ4v) is 2.91. The molecule has 0 amide bonds. The number of hydrogen-bond acceptors (Lipinski definition) is 1. The Morgan fingerprint density at radius 2 is 2.38 bits per heavy atom. The number of hydrogen-bond donors (Lipinski definition) is 0. The van der Waals surface area contributed by atoms with E-state index in [1.165, 1.54) is 6.07 Å². The maximum atomic E-state index is 13.6. The van der Waals surface area contributed by atoms with Gasteiger partial charge in [0.1, 0.15) is 5.82 Å². The van der Waals surface area contributed by atoms with Gasteiger partial charge in [0.15, 0.2) is 0 Å². The van der Waals surface area contributed by atoms with Crippen molar-refractivity contribution >= 4 is 27.5 Å². The number of rotatable bonds is 3. The highest BCUT2D eigenvalue weighted by Gasteiger charge is 2.25. The van der Waals surface area contributed by atoms with Crippen LogP contribution < -0.4 is 0 Å². The van der Waals surface area contributed by atoms with Crippen LogP contribution in [0.5, 0.6) is 0 Å². The van der Waals surface area contributed by atoms with Crippen LogP contribution >= 0.6 is 27.5 Å². The van der Waals surface area contributed by atoms with Gasteiger partial charge in [0, 0.05) is 22.0 Å². The van der Waals surface area contributed by atoms with E-state index in [1.54, 1.807) is 12.1 Å². The van der Waals surface area contributed by atoms with Gasteiger partial charge < -0.3 is 4.74 Å². The Bertz CT molecular complexity index is 346. The van der Waals surface area contributed by atoms with Crippen LogP contribution in [-0.2, 0) is 11.2 Å². The van der Waals surface area contributed by atoms with Crippen LogP contribution in [0.1, 0.15) is 12.0 Å². The van der Waals surface area contributed by atoms with Gasteiger partial charge in [-0.05, 0) is 30.9 Å². The molecule has 0 spiro atoms. The molecule has 0 aliphatic carbocycles. The van der Waals surface area contributed by atoms with Crippen molar-refractivity contribution in [2.75, 3.05) is 13.2 Å². The third kappa shape index (κ3) is 2.76. The van der Waals surface area contributed by atoms with Crippen molar-refractivity contribution in [1.29, 1.82) is 0 Å². The van der Waals surface area contributed by atoms with Gasteiger partial charge >= 0.3 is 0 Å². The number of benzene rings is 1. The van der Waals surface area contributed by atoms with Crippen molar-refractivity contribution in [3.8, 4) is 0 Å². The van der Waals surface area contributed by atoms with Gasteiger partial charge in [-0.1, -0.05) is 33.6 Å². The van der Waals surface area contributed by atoms with Crippen molar-refractivity contribution in [1.82, 2.24) is 0 Å². The smallest absolute Gasteiger partial charge is 0.127 e. The van der Waals surface area contributed by atoms with E-state index in [9.17, 15) is 4.39 Å². The topological polar surface area (TPSA) is 9.23 Å². The number of ether oxygens (including phenoxy) is 1. The summed E-state index contributed by atoms with van der Waals surface area (Å²) in [6, 6.07) is 4.81. The normalized spacial score (nSPS) is 22.3. The Hall–Kier alpha value is -0.120. The lowest BCUT2D eigenvalue weighted by Gasteiger charge is -2.16. The molecule has 16 heavy (non-hydrogen) atoms. The highest BCUT2D eigenvalue weighted by Crippen LogP contribution is 2.29. The molecular formula is C12H13BrClFO. The van der Waals surface area contributed by atoms with E-state index in [0.717, 1.165) is 19.6 Å². The highest BCUT2D eigenvalue weighted by atomic mass is 79.9. The van der Waals surface area contributed by atoms with Crippen molar-refractivity contribution in [2.45, 2.75) is 17.7 Å². The second-order valence-corrected chi connectivity index (χ2v) is 5.63. The lowest BCUT2D eigenvalue weighted by atomic mass is 9.98. The van der Waals surface area contributed by atoms with Crippen molar-refractivity contribution in [2.24, 2.45) is 5.92 Å². The van der Waals surface area contributed by atoms with E-state index < -0.39 is 0 Å². The predicted octanol–water partition coefficient (Wildman–Crippen LogP) is 3.82. The second-order valence-electron chi connectivity index (χ2n) is 4.04. The molecule has 1 heterocycles. The first-order chi connectivity index (χ1) is 7.68.